The van der Waals surface area contributed by atoms with Crippen LogP contribution in [0.25, 0.3) is 0 Å². The fourth-order valence-corrected chi connectivity index (χ4v) is 2.43. The van der Waals surface area contributed by atoms with Crippen molar-refractivity contribution in [3.63, 3.8) is 0 Å². The summed E-state index contributed by atoms with van der Waals surface area (Å²) >= 11 is 0. The van der Waals surface area contributed by atoms with E-state index in [0.29, 0.717) is 6.54 Å². The Morgan fingerprint density at radius 1 is 1.60 bits per heavy atom. The number of rotatable bonds is 5. The lowest BCUT2D eigenvalue weighted by molar-refractivity contribution is 0.00162. The maximum absolute atomic E-state index is 12.3. The van der Waals surface area contributed by atoms with Gasteiger partial charge in [-0.25, -0.2) is 4.79 Å². The first-order chi connectivity index (χ1) is 9.69. The number of nitrogens with one attached hydrogen (secondary N) is 1. The lowest BCUT2D eigenvalue weighted by atomic mass is 10.1. The molecule has 1 atom stereocenters. The van der Waals surface area contributed by atoms with Gasteiger partial charge in [-0.1, -0.05) is 6.92 Å². The zero-order valence-electron chi connectivity index (χ0n) is 12.3. The molecule has 6 heteroatoms. The Labute approximate surface area is 120 Å². The van der Waals surface area contributed by atoms with Crippen LogP contribution in [0.1, 0.15) is 32.6 Å². The van der Waals surface area contributed by atoms with Crippen molar-refractivity contribution < 1.29 is 9.53 Å². The number of aromatic nitrogens is 2. The first-order valence-corrected chi connectivity index (χ1v) is 7.35. The van der Waals surface area contributed by atoms with Crippen LogP contribution < -0.4 is 5.32 Å². The summed E-state index contributed by atoms with van der Waals surface area (Å²) in [7, 11) is 1.83. The second-order valence-corrected chi connectivity index (χ2v) is 5.27. The molecule has 0 aliphatic carbocycles. The Kier molecular flexibility index (Phi) is 5.40. The number of urea groups is 1. The number of hydrogen-bond acceptors (Lipinski definition) is 3. The third kappa shape index (κ3) is 4.23. The molecule has 2 heterocycles. The summed E-state index contributed by atoms with van der Waals surface area (Å²) in [6.45, 7) is 4.30. The van der Waals surface area contributed by atoms with Gasteiger partial charge in [0.2, 0.25) is 0 Å². The lowest BCUT2D eigenvalue weighted by Gasteiger charge is -2.29. The van der Waals surface area contributed by atoms with Gasteiger partial charge in [0.25, 0.3) is 0 Å². The van der Waals surface area contributed by atoms with E-state index >= 15 is 0 Å². The third-order valence-corrected chi connectivity index (χ3v) is 3.43. The summed E-state index contributed by atoms with van der Waals surface area (Å²) < 4.78 is 7.39. The van der Waals surface area contributed by atoms with Gasteiger partial charge in [-0.3, -0.25) is 4.68 Å². The summed E-state index contributed by atoms with van der Waals surface area (Å²) in [4.78, 5) is 14.1. The van der Waals surface area contributed by atoms with Crippen molar-refractivity contribution >= 4 is 11.7 Å². The number of amides is 2. The highest BCUT2D eigenvalue weighted by atomic mass is 16.5. The molecule has 1 N–H and O–H groups in total. The molecule has 0 aromatic carbocycles. The predicted octanol–water partition coefficient (Wildman–Crippen LogP) is 2.23. The van der Waals surface area contributed by atoms with E-state index in [1.165, 1.54) is 6.42 Å². The van der Waals surface area contributed by atoms with Crippen molar-refractivity contribution in [2.75, 3.05) is 25.0 Å². The maximum atomic E-state index is 12.3. The fraction of sp³-hybridized carbons (Fsp3) is 0.714. The Bertz CT molecular complexity index is 427. The Balaban J connectivity index is 1.90. The van der Waals surface area contributed by atoms with Gasteiger partial charge in [-0.05, 0) is 25.7 Å². The van der Waals surface area contributed by atoms with E-state index in [0.717, 1.165) is 38.1 Å². The summed E-state index contributed by atoms with van der Waals surface area (Å²) in [5.41, 5.74) is 0.725. The van der Waals surface area contributed by atoms with Crippen LogP contribution in [-0.4, -0.2) is 46.5 Å². The lowest BCUT2D eigenvalue weighted by Crippen LogP contribution is -2.42. The molecular weight excluding hydrogens is 256 g/mol. The van der Waals surface area contributed by atoms with Gasteiger partial charge in [-0.2, -0.15) is 5.10 Å². The molecule has 6 nitrogen and oxygen atoms in total. The molecule has 2 amide bonds. The molecule has 1 aliphatic heterocycles. The molecule has 0 saturated carbocycles. The highest BCUT2D eigenvalue weighted by Gasteiger charge is 2.21. The van der Waals surface area contributed by atoms with E-state index in [4.69, 9.17) is 4.74 Å². The van der Waals surface area contributed by atoms with Crippen molar-refractivity contribution in [3.8, 4) is 0 Å². The van der Waals surface area contributed by atoms with Crippen molar-refractivity contribution in [3.05, 3.63) is 12.4 Å². The topological polar surface area (TPSA) is 59.4 Å². The average molecular weight is 280 g/mol. The number of anilines is 1. The molecule has 1 fully saturated rings. The highest BCUT2D eigenvalue weighted by molar-refractivity contribution is 5.89. The van der Waals surface area contributed by atoms with Crippen LogP contribution in [0.15, 0.2) is 12.4 Å². The SMILES string of the molecule is CCCN(C[C@H]1CCCCO1)C(=O)Nc1cnn(C)c1. The zero-order chi connectivity index (χ0) is 14.4. The van der Waals surface area contributed by atoms with Crippen molar-refractivity contribution in [2.24, 2.45) is 7.05 Å². The summed E-state index contributed by atoms with van der Waals surface area (Å²) in [6, 6.07) is -0.0750. The first kappa shape index (κ1) is 14.8. The molecule has 1 aliphatic rings. The summed E-state index contributed by atoms with van der Waals surface area (Å²) in [5, 5.41) is 6.93. The first-order valence-electron chi connectivity index (χ1n) is 7.35. The zero-order valence-corrected chi connectivity index (χ0v) is 12.3. The molecule has 112 valence electrons. The van der Waals surface area contributed by atoms with Gasteiger partial charge in [0.1, 0.15) is 0 Å². The van der Waals surface area contributed by atoms with E-state index in [1.807, 2.05) is 11.9 Å². The average Bonchev–Trinajstić information content (AvgIpc) is 2.85. The van der Waals surface area contributed by atoms with Gasteiger partial charge < -0.3 is 15.0 Å². The standard InChI is InChI=1S/C14H24N4O2/c1-3-7-18(11-13-6-4-5-8-20-13)14(19)16-12-9-15-17(2)10-12/h9-10,13H,3-8,11H2,1-2H3,(H,16,19)/t13-/m1/s1. The van der Waals surface area contributed by atoms with Crippen LogP contribution >= 0.6 is 0 Å². The molecule has 20 heavy (non-hydrogen) atoms. The fourth-order valence-electron chi connectivity index (χ4n) is 2.43. The number of aryl methyl sites for hydroxylation is 1. The van der Waals surface area contributed by atoms with Crippen LogP contribution in [0.5, 0.6) is 0 Å². The molecule has 2 rings (SSSR count). The highest BCUT2D eigenvalue weighted by Crippen LogP contribution is 2.15. The minimum atomic E-state index is -0.0750. The predicted molar refractivity (Wildman–Crippen MR) is 77.7 cm³/mol. The van der Waals surface area contributed by atoms with Crippen LogP contribution in [-0.2, 0) is 11.8 Å². The normalized spacial score (nSPS) is 18.8. The third-order valence-electron chi connectivity index (χ3n) is 3.43. The number of carbonyl (C=O) groups excluding carboxylic acids is 1. The van der Waals surface area contributed by atoms with Crippen molar-refractivity contribution in [2.45, 2.75) is 38.7 Å². The van der Waals surface area contributed by atoms with E-state index in [9.17, 15) is 4.79 Å². The van der Waals surface area contributed by atoms with Gasteiger partial charge in [0, 0.05) is 32.9 Å². The molecule has 1 saturated heterocycles. The van der Waals surface area contributed by atoms with Gasteiger partial charge >= 0.3 is 6.03 Å². The monoisotopic (exact) mass is 280 g/mol. The van der Waals surface area contributed by atoms with E-state index in [-0.39, 0.29) is 12.1 Å². The number of hydrogen-bond donors (Lipinski definition) is 1. The van der Waals surface area contributed by atoms with Gasteiger partial charge in [0.15, 0.2) is 0 Å². The molecule has 0 radical (unpaired) electrons. The minimum Gasteiger partial charge on any atom is -0.376 e. The van der Waals surface area contributed by atoms with E-state index in [1.54, 1.807) is 17.1 Å². The van der Waals surface area contributed by atoms with Crippen LogP contribution in [0.3, 0.4) is 0 Å². The summed E-state index contributed by atoms with van der Waals surface area (Å²) in [5.74, 6) is 0. The molecular formula is C14H24N4O2. The largest absolute Gasteiger partial charge is 0.376 e. The number of carbonyl (C=O) groups is 1. The minimum absolute atomic E-state index is 0.0750. The smallest absolute Gasteiger partial charge is 0.322 e. The molecule has 0 spiro atoms. The van der Waals surface area contributed by atoms with Gasteiger partial charge in [0.05, 0.1) is 18.0 Å². The van der Waals surface area contributed by atoms with Gasteiger partial charge in [-0.15, -0.1) is 0 Å². The van der Waals surface area contributed by atoms with Crippen LogP contribution in [0.2, 0.25) is 0 Å². The molecule has 0 unspecified atom stereocenters. The van der Waals surface area contributed by atoms with Crippen molar-refractivity contribution in [1.82, 2.24) is 14.7 Å². The summed E-state index contributed by atoms with van der Waals surface area (Å²) in [6.07, 6.45) is 7.92. The Morgan fingerprint density at radius 2 is 2.45 bits per heavy atom. The number of ether oxygens (including phenoxy) is 1. The quantitative estimate of drug-likeness (QED) is 0.899. The molecule has 1 aromatic heterocycles. The Morgan fingerprint density at radius 3 is 3.05 bits per heavy atom. The second-order valence-electron chi connectivity index (χ2n) is 5.27. The van der Waals surface area contributed by atoms with Crippen molar-refractivity contribution in [1.29, 1.82) is 0 Å². The van der Waals surface area contributed by atoms with E-state index < -0.39 is 0 Å². The molecule has 1 aromatic rings. The maximum Gasteiger partial charge on any atom is 0.322 e. The van der Waals surface area contributed by atoms with Crippen LogP contribution in [0.4, 0.5) is 10.5 Å². The molecule has 0 bridgehead atoms. The second kappa shape index (κ2) is 7.28. The van der Waals surface area contributed by atoms with E-state index in [2.05, 4.69) is 17.3 Å². The van der Waals surface area contributed by atoms with Crippen LogP contribution in [0, 0.1) is 0 Å². The number of nitrogens with zero attached hydrogens (tertiary/aromatic N) is 3. The Hall–Kier alpha value is -1.56.